The Morgan fingerprint density at radius 3 is 2.94 bits per heavy atom. The third kappa shape index (κ3) is 4.05. The molecule has 2 aliphatic rings. The Hall–Kier alpha value is -3.66. The largest absolute Gasteiger partial charge is 0.474 e. The zero-order valence-electron chi connectivity index (χ0n) is 18.9. The number of nitrogens with zero attached hydrogens (tertiary/aromatic N) is 2. The minimum Gasteiger partial charge on any atom is -0.474 e. The van der Waals surface area contributed by atoms with E-state index in [1.54, 1.807) is 25.3 Å². The summed E-state index contributed by atoms with van der Waals surface area (Å²) in [6, 6.07) is 3.27. The van der Waals surface area contributed by atoms with Crippen LogP contribution < -0.4 is 21.1 Å². The van der Waals surface area contributed by atoms with E-state index in [1.807, 2.05) is 6.92 Å². The minimum absolute atomic E-state index is 0.0383. The number of amides is 1. The molecule has 1 aliphatic carbocycles. The molecule has 178 valence electrons. The Kier molecular flexibility index (Phi) is 5.40. The fraction of sp³-hybridized carbons (Fsp3) is 0.375. The van der Waals surface area contributed by atoms with Gasteiger partial charge in [-0.2, -0.15) is 0 Å². The van der Waals surface area contributed by atoms with Crippen LogP contribution in [0.2, 0.25) is 0 Å². The van der Waals surface area contributed by atoms with Gasteiger partial charge in [-0.1, -0.05) is 0 Å². The maximum absolute atomic E-state index is 15.3. The number of anilines is 3. The molecule has 2 unspecified atom stereocenters. The van der Waals surface area contributed by atoms with E-state index < -0.39 is 17.5 Å². The Morgan fingerprint density at radius 2 is 2.18 bits per heavy atom. The number of aromatic nitrogens is 2. The minimum atomic E-state index is -0.824. The SMILES string of the molecule is Cc1c(-c2cc3cc(NC(=O)OC4CCC(C)(O)C4)ncc3c(N)c2F)cnc2c1NCCO2. The van der Waals surface area contributed by atoms with Gasteiger partial charge in [-0.05, 0) is 49.8 Å². The van der Waals surface area contributed by atoms with E-state index in [0.717, 1.165) is 11.3 Å². The van der Waals surface area contributed by atoms with Crippen LogP contribution in [0.4, 0.5) is 26.4 Å². The number of hydrogen-bond donors (Lipinski definition) is 4. The number of pyridine rings is 2. The van der Waals surface area contributed by atoms with Crippen LogP contribution in [0.25, 0.3) is 21.9 Å². The number of ether oxygens (including phenoxy) is 2. The summed E-state index contributed by atoms with van der Waals surface area (Å²) in [5, 5.41) is 16.9. The van der Waals surface area contributed by atoms with E-state index in [4.69, 9.17) is 15.2 Å². The fourth-order valence-corrected chi connectivity index (χ4v) is 4.61. The monoisotopic (exact) mass is 467 g/mol. The van der Waals surface area contributed by atoms with Crippen molar-refractivity contribution in [3.05, 3.63) is 35.9 Å². The predicted molar refractivity (Wildman–Crippen MR) is 126 cm³/mol. The summed E-state index contributed by atoms with van der Waals surface area (Å²) in [6.07, 6.45) is 3.53. The number of carbonyl (C=O) groups excluding carboxylic acids is 1. The van der Waals surface area contributed by atoms with E-state index in [9.17, 15) is 9.90 Å². The van der Waals surface area contributed by atoms with Crippen molar-refractivity contribution in [1.29, 1.82) is 0 Å². The second-order valence-electron chi connectivity index (χ2n) is 9.09. The molecule has 3 heterocycles. The maximum Gasteiger partial charge on any atom is 0.413 e. The summed E-state index contributed by atoms with van der Waals surface area (Å²) in [7, 11) is 0. The normalized spacial score (nSPS) is 21.5. The molecule has 0 spiro atoms. The molecule has 1 aliphatic heterocycles. The number of hydrogen-bond acceptors (Lipinski definition) is 8. The first-order valence-corrected chi connectivity index (χ1v) is 11.2. The number of halogens is 1. The highest BCUT2D eigenvalue weighted by molar-refractivity contribution is 5.99. The summed E-state index contributed by atoms with van der Waals surface area (Å²) in [5.41, 5.74) is 7.66. The number of carbonyl (C=O) groups is 1. The van der Waals surface area contributed by atoms with Crippen LogP contribution in [-0.2, 0) is 4.74 Å². The summed E-state index contributed by atoms with van der Waals surface area (Å²) < 4.78 is 26.3. The zero-order chi connectivity index (χ0) is 24.0. The quantitative estimate of drug-likeness (QED) is 0.425. The highest BCUT2D eigenvalue weighted by Gasteiger charge is 2.35. The molecule has 1 amide bonds. The molecular formula is C24H26FN5O4. The number of fused-ring (bicyclic) bond motifs is 2. The lowest BCUT2D eigenvalue weighted by Crippen LogP contribution is -2.24. The van der Waals surface area contributed by atoms with Crippen LogP contribution in [-0.4, -0.2) is 46.0 Å². The first-order valence-electron chi connectivity index (χ1n) is 11.2. The molecule has 0 bridgehead atoms. The molecule has 34 heavy (non-hydrogen) atoms. The number of nitrogen functional groups attached to an aromatic ring is 1. The average molecular weight is 468 g/mol. The van der Waals surface area contributed by atoms with Crippen molar-refractivity contribution >= 4 is 34.1 Å². The van der Waals surface area contributed by atoms with E-state index in [2.05, 4.69) is 20.6 Å². The van der Waals surface area contributed by atoms with Crippen LogP contribution >= 0.6 is 0 Å². The van der Waals surface area contributed by atoms with Crippen LogP contribution in [0.5, 0.6) is 5.88 Å². The van der Waals surface area contributed by atoms with E-state index in [-0.39, 0.29) is 23.2 Å². The summed E-state index contributed by atoms with van der Waals surface area (Å²) >= 11 is 0. The molecule has 1 aromatic carbocycles. The van der Waals surface area contributed by atoms with Crippen molar-refractivity contribution in [2.75, 3.05) is 29.5 Å². The Balaban J connectivity index is 1.45. The highest BCUT2D eigenvalue weighted by Crippen LogP contribution is 2.39. The standard InChI is InChI=1S/C24H26FN5O4/c1-12-16(10-29-22-21(12)27-5-6-33-22)15-7-13-8-18(28-11-17(13)20(26)19(15)25)30-23(31)34-14-3-4-24(2,32)9-14/h7-8,10-11,14,27,32H,3-6,9,26H2,1-2H3,(H,28,30,31). The predicted octanol–water partition coefficient (Wildman–Crippen LogP) is 3.98. The second kappa shape index (κ2) is 8.28. The summed E-state index contributed by atoms with van der Waals surface area (Å²) in [6.45, 7) is 4.74. The van der Waals surface area contributed by atoms with Gasteiger partial charge in [0.15, 0.2) is 5.82 Å². The molecule has 10 heteroatoms. The van der Waals surface area contributed by atoms with Gasteiger partial charge in [0.05, 0.1) is 11.3 Å². The van der Waals surface area contributed by atoms with E-state index in [1.165, 1.54) is 6.20 Å². The van der Waals surface area contributed by atoms with Gasteiger partial charge in [-0.25, -0.2) is 19.2 Å². The molecule has 0 radical (unpaired) electrons. The zero-order valence-corrected chi connectivity index (χ0v) is 18.9. The number of nitrogens with one attached hydrogen (secondary N) is 2. The summed E-state index contributed by atoms with van der Waals surface area (Å²) in [5.74, 6) is 0.165. The number of aliphatic hydroxyl groups is 1. The van der Waals surface area contributed by atoms with Crippen LogP contribution in [0, 0.1) is 12.7 Å². The maximum atomic E-state index is 15.3. The van der Waals surface area contributed by atoms with Crippen LogP contribution in [0.3, 0.4) is 0 Å². The van der Waals surface area contributed by atoms with E-state index >= 15 is 4.39 Å². The van der Waals surface area contributed by atoms with Gasteiger partial charge < -0.3 is 25.6 Å². The number of rotatable bonds is 3. The smallest absolute Gasteiger partial charge is 0.413 e. The van der Waals surface area contributed by atoms with Gasteiger partial charge in [0.25, 0.3) is 0 Å². The molecule has 9 nitrogen and oxygen atoms in total. The van der Waals surface area contributed by atoms with Gasteiger partial charge in [-0.15, -0.1) is 0 Å². The second-order valence-corrected chi connectivity index (χ2v) is 9.09. The van der Waals surface area contributed by atoms with Gasteiger partial charge >= 0.3 is 6.09 Å². The van der Waals surface area contributed by atoms with Crippen LogP contribution in [0.1, 0.15) is 31.7 Å². The Labute approximate surface area is 195 Å². The number of nitrogens with two attached hydrogens (primary N) is 1. The third-order valence-corrected chi connectivity index (χ3v) is 6.41. The molecule has 5 N–H and O–H groups in total. The van der Waals surface area contributed by atoms with E-state index in [0.29, 0.717) is 54.6 Å². The first-order chi connectivity index (χ1) is 16.2. The number of benzene rings is 1. The molecule has 1 saturated carbocycles. The van der Waals surface area contributed by atoms with Crippen molar-refractivity contribution in [2.24, 2.45) is 0 Å². The van der Waals surface area contributed by atoms with Crippen molar-refractivity contribution in [3.8, 4) is 17.0 Å². The Morgan fingerprint density at radius 1 is 1.35 bits per heavy atom. The summed E-state index contributed by atoms with van der Waals surface area (Å²) in [4.78, 5) is 20.8. The van der Waals surface area contributed by atoms with Gasteiger partial charge in [0.2, 0.25) is 5.88 Å². The lowest BCUT2D eigenvalue weighted by molar-refractivity contribution is 0.0453. The molecule has 0 saturated heterocycles. The third-order valence-electron chi connectivity index (χ3n) is 6.41. The fourth-order valence-electron chi connectivity index (χ4n) is 4.61. The van der Waals surface area contributed by atoms with Crippen molar-refractivity contribution in [2.45, 2.75) is 44.8 Å². The topological polar surface area (TPSA) is 132 Å². The lowest BCUT2D eigenvalue weighted by Gasteiger charge is -2.22. The average Bonchev–Trinajstić information content (AvgIpc) is 3.14. The van der Waals surface area contributed by atoms with Gasteiger partial charge in [0, 0.05) is 41.9 Å². The molecule has 3 aromatic rings. The van der Waals surface area contributed by atoms with Crippen molar-refractivity contribution in [1.82, 2.24) is 9.97 Å². The van der Waals surface area contributed by atoms with Gasteiger partial charge in [0.1, 0.15) is 24.2 Å². The lowest BCUT2D eigenvalue weighted by atomic mass is 9.97. The molecule has 5 rings (SSSR count). The first kappa shape index (κ1) is 22.1. The molecule has 2 aromatic heterocycles. The van der Waals surface area contributed by atoms with Crippen molar-refractivity contribution < 1.29 is 23.8 Å². The molecular weight excluding hydrogens is 441 g/mol. The highest BCUT2D eigenvalue weighted by atomic mass is 19.1. The van der Waals surface area contributed by atoms with Crippen molar-refractivity contribution in [3.63, 3.8) is 0 Å². The van der Waals surface area contributed by atoms with Crippen LogP contribution in [0.15, 0.2) is 24.5 Å². The molecule has 2 atom stereocenters. The Bertz CT molecular complexity index is 1300. The van der Waals surface area contributed by atoms with Gasteiger partial charge in [-0.3, -0.25) is 5.32 Å². The molecule has 1 fully saturated rings.